The quantitative estimate of drug-likeness (QED) is 0.609. The Morgan fingerprint density at radius 2 is 1.83 bits per heavy atom. The lowest BCUT2D eigenvalue weighted by molar-refractivity contribution is 0.0146. The average Bonchev–Trinajstić information content (AvgIpc) is 2.86. The Balaban J connectivity index is 2.22. The van der Waals surface area contributed by atoms with Gasteiger partial charge in [-0.15, -0.1) is 19.7 Å². The molecule has 2 rings (SSSR count). The van der Waals surface area contributed by atoms with Crippen LogP contribution in [-0.2, 0) is 0 Å². The summed E-state index contributed by atoms with van der Waals surface area (Å²) < 4.78 is 0. The molecular formula is C20H28N2O. The second-order valence-corrected chi connectivity index (χ2v) is 6.40. The van der Waals surface area contributed by atoms with Crippen LogP contribution in [0.1, 0.15) is 37.2 Å². The van der Waals surface area contributed by atoms with E-state index in [1.807, 2.05) is 12.1 Å². The maximum Gasteiger partial charge on any atom is 0.0866 e. The van der Waals surface area contributed by atoms with E-state index in [-0.39, 0.29) is 18.0 Å². The molecule has 3 heteroatoms. The summed E-state index contributed by atoms with van der Waals surface area (Å²) in [7, 11) is 0. The first kappa shape index (κ1) is 17.5. The van der Waals surface area contributed by atoms with Gasteiger partial charge in [0.15, 0.2) is 0 Å². The fraction of sp³-hybridized carbons (Fsp3) is 0.400. The standard InChI is InChI=1S/C20H28N2O/c1-4-9-17-16(15-10-7-8-11-18(15)22-17)14-19(21)20(23,12-5-2)13-6-3/h4-8,10-11,16-17,19,22-23H,1-3,9,12-14,21H2/t16-,17+,19+/m1/s1. The van der Waals surface area contributed by atoms with Gasteiger partial charge in [0.05, 0.1) is 5.60 Å². The van der Waals surface area contributed by atoms with E-state index >= 15 is 0 Å². The smallest absolute Gasteiger partial charge is 0.0866 e. The van der Waals surface area contributed by atoms with Crippen LogP contribution in [0.15, 0.2) is 62.2 Å². The van der Waals surface area contributed by atoms with E-state index in [1.165, 1.54) is 5.56 Å². The van der Waals surface area contributed by atoms with Gasteiger partial charge in [-0.1, -0.05) is 36.4 Å². The van der Waals surface area contributed by atoms with Crippen LogP contribution in [0.5, 0.6) is 0 Å². The molecule has 0 radical (unpaired) electrons. The monoisotopic (exact) mass is 312 g/mol. The molecule has 1 aliphatic heterocycles. The zero-order chi connectivity index (χ0) is 16.9. The molecule has 0 bridgehead atoms. The Morgan fingerprint density at radius 1 is 1.17 bits per heavy atom. The maximum absolute atomic E-state index is 10.9. The predicted octanol–water partition coefficient (Wildman–Crippen LogP) is 3.74. The second kappa shape index (κ2) is 7.62. The number of hydrogen-bond acceptors (Lipinski definition) is 3. The third kappa shape index (κ3) is 3.74. The summed E-state index contributed by atoms with van der Waals surface area (Å²) in [6.07, 6.45) is 7.90. The fourth-order valence-corrected chi connectivity index (χ4v) is 3.54. The van der Waals surface area contributed by atoms with Crippen molar-refractivity contribution in [1.82, 2.24) is 0 Å². The van der Waals surface area contributed by atoms with Gasteiger partial charge in [0.1, 0.15) is 0 Å². The highest BCUT2D eigenvalue weighted by molar-refractivity contribution is 5.59. The third-order valence-corrected chi connectivity index (χ3v) is 4.80. The largest absolute Gasteiger partial charge is 0.388 e. The minimum Gasteiger partial charge on any atom is -0.388 e. The molecule has 0 amide bonds. The van der Waals surface area contributed by atoms with E-state index in [0.29, 0.717) is 19.3 Å². The number of nitrogens with one attached hydrogen (secondary N) is 1. The van der Waals surface area contributed by atoms with Crippen molar-refractivity contribution in [1.29, 1.82) is 0 Å². The highest BCUT2D eigenvalue weighted by atomic mass is 16.3. The van der Waals surface area contributed by atoms with E-state index in [1.54, 1.807) is 12.2 Å². The van der Waals surface area contributed by atoms with Gasteiger partial charge in [-0.05, 0) is 37.3 Å². The summed E-state index contributed by atoms with van der Waals surface area (Å²) in [6.45, 7) is 11.4. The van der Waals surface area contributed by atoms with E-state index in [2.05, 4.69) is 43.3 Å². The van der Waals surface area contributed by atoms with Gasteiger partial charge in [0.25, 0.3) is 0 Å². The Morgan fingerprint density at radius 3 is 2.43 bits per heavy atom. The van der Waals surface area contributed by atoms with Crippen molar-refractivity contribution in [3.8, 4) is 0 Å². The SMILES string of the molecule is C=CC[C@@H]1Nc2ccccc2[C@H]1C[C@H](N)C(O)(CC=C)CC=C. The van der Waals surface area contributed by atoms with Crippen molar-refractivity contribution in [2.45, 2.75) is 49.3 Å². The molecule has 1 aliphatic rings. The number of para-hydroxylation sites is 1. The van der Waals surface area contributed by atoms with Gasteiger partial charge in [0.2, 0.25) is 0 Å². The molecule has 1 aromatic carbocycles. The van der Waals surface area contributed by atoms with E-state index in [0.717, 1.165) is 12.1 Å². The molecule has 4 N–H and O–H groups in total. The number of benzene rings is 1. The summed E-state index contributed by atoms with van der Waals surface area (Å²) in [5.41, 5.74) is 7.87. The van der Waals surface area contributed by atoms with Crippen molar-refractivity contribution >= 4 is 5.69 Å². The lowest BCUT2D eigenvalue weighted by Gasteiger charge is -2.35. The molecule has 1 heterocycles. The zero-order valence-electron chi connectivity index (χ0n) is 13.7. The first-order valence-corrected chi connectivity index (χ1v) is 8.21. The topological polar surface area (TPSA) is 58.3 Å². The highest BCUT2D eigenvalue weighted by Crippen LogP contribution is 2.41. The Kier molecular flexibility index (Phi) is 5.80. The van der Waals surface area contributed by atoms with Crippen LogP contribution < -0.4 is 11.1 Å². The molecule has 0 saturated carbocycles. The van der Waals surface area contributed by atoms with Crippen molar-refractivity contribution < 1.29 is 5.11 Å². The molecule has 124 valence electrons. The average molecular weight is 312 g/mol. The minimum atomic E-state index is -0.986. The zero-order valence-corrected chi connectivity index (χ0v) is 13.7. The van der Waals surface area contributed by atoms with E-state index < -0.39 is 5.60 Å². The first-order valence-electron chi connectivity index (χ1n) is 8.21. The molecule has 0 fully saturated rings. The van der Waals surface area contributed by atoms with Crippen LogP contribution in [0, 0.1) is 0 Å². The summed E-state index contributed by atoms with van der Waals surface area (Å²) >= 11 is 0. The van der Waals surface area contributed by atoms with Crippen molar-refractivity contribution in [2.75, 3.05) is 5.32 Å². The van der Waals surface area contributed by atoms with Crippen LogP contribution in [-0.4, -0.2) is 22.8 Å². The van der Waals surface area contributed by atoms with Crippen molar-refractivity contribution in [3.05, 3.63) is 67.8 Å². The number of aliphatic hydroxyl groups is 1. The van der Waals surface area contributed by atoms with Gasteiger partial charge in [-0.3, -0.25) is 0 Å². The number of rotatable bonds is 9. The molecule has 1 aromatic rings. The van der Waals surface area contributed by atoms with E-state index in [9.17, 15) is 5.11 Å². The predicted molar refractivity (Wildman–Crippen MR) is 98.6 cm³/mol. The number of nitrogens with two attached hydrogens (primary N) is 1. The van der Waals surface area contributed by atoms with Crippen molar-refractivity contribution in [2.24, 2.45) is 5.73 Å². The van der Waals surface area contributed by atoms with Crippen LogP contribution in [0.2, 0.25) is 0 Å². The first-order chi connectivity index (χ1) is 11.1. The number of hydrogen-bond donors (Lipinski definition) is 3. The molecular weight excluding hydrogens is 284 g/mol. The van der Waals surface area contributed by atoms with Gasteiger partial charge < -0.3 is 16.2 Å². The van der Waals surface area contributed by atoms with E-state index in [4.69, 9.17) is 5.73 Å². The lowest BCUT2D eigenvalue weighted by Crippen LogP contribution is -2.48. The second-order valence-electron chi connectivity index (χ2n) is 6.40. The summed E-state index contributed by atoms with van der Waals surface area (Å²) in [6, 6.07) is 8.25. The molecule has 0 aromatic heterocycles. The van der Waals surface area contributed by atoms with Gasteiger partial charge in [0, 0.05) is 23.7 Å². The molecule has 23 heavy (non-hydrogen) atoms. The summed E-state index contributed by atoms with van der Waals surface area (Å²) in [5, 5.41) is 14.5. The Labute approximate surface area is 139 Å². The number of fused-ring (bicyclic) bond motifs is 1. The lowest BCUT2D eigenvalue weighted by atomic mass is 9.79. The highest BCUT2D eigenvalue weighted by Gasteiger charge is 2.38. The molecule has 0 aliphatic carbocycles. The van der Waals surface area contributed by atoms with Crippen molar-refractivity contribution in [3.63, 3.8) is 0 Å². The Bertz CT molecular complexity index is 557. The Hall–Kier alpha value is -1.84. The molecule has 0 unspecified atom stereocenters. The van der Waals surface area contributed by atoms with Crippen LogP contribution in [0.4, 0.5) is 5.69 Å². The van der Waals surface area contributed by atoms with Gasteiger partial charge >= 0.3 is 0 Å². The van der Waals surface area contributed by atoms with Crippen LogP contribution in [0.3, 0.4) is 0 Å². The molecule has 0 saturated heterocycles. The van der Waals surface area contributed by atoms with Gasteiger partial charge in [-0.2, -0.15) is 0 Å². The summed E-state index contributed by atoms with van der Waals surface area (Å²) in [4.78, 5) is 0. The minimum absolute atomic E-state index is 0.264. The number of anilines is 1. The van der Waals surface area contributed by atoms with Crippen LogP contribution in [0.25, 0.3) is 0 Å². The van der Waals surface area contributed by atoms with Gasteiger partial charge in [-0.25, -0.2) is 0 Å². The molecule has 3 nitrogen and oxygen atoms in total. The molecule has 0 spiro atoms. The maximum atomic E-state index is 10.9. The fourth-order valence-electron chi connectivity index (χ4n) is 3.54. The molecule has 3 atom stereocenters. The summed E-state index contributed by atoms with van der Waals surface area (Å²) in [5.74, 6) is 0.264. The van der Waals surface area contributed by atoms with Crippen LogP contribution >= 0.6 is 0 Å². The normalized spacial score (nSPS) is 21.1. The third-order valence-electron chi connectivity index (χ3n) is 4.80.